The van der Waals surface area contributed by atoms with Gasteiger partial charge in [-0.3, -0.25) is 9.98 Å². The minimum atomic E-state index is -1.75. The van der Waals surface area contributed by atoms with E-state index in [0.29, 0.717) is 42.1 Å². The van der Waals surface area contributed by atoms with Crippen LogP contribution in [0.3, 0.4) is 0 Å². The van der Waals surface area contributed by atoms with E-state index in [9.17, 15) is 10.2 Å². The maximum Gasteiger partial charge on any atom is 3.00 e. The van der Waals surface area contributed by atoms with Crippen molar-refractivity contribution in [1.82, 2.24) is 0 Å². The van der Waals surface area contributed by atoms with Gasteiger partial charge in [-0.1, -0.05) is 35.8 Å². The largest absolute Gasteiger partial charge is 3.00 e. The van der Waals surface area contributed by atoms with Crippen molar-refractivity contribution in [3.63, 3.8) is 0 Å². The molecule has 19 nitrogen and oxygen atoms in total. The Morgan fingerprint density at radius 2 is 0.975 bits per heavy atom. The van der Waals surface area contributed by atoms with Gasteiger partial charge in [0.1, 0.15) is 11.5 Å². The molecule has 0 heterocycles. The predicted octanol–water partition coefficient (Wildman–Crippen LogP) is 0.137. The number of hydrogen-bond acceptors (Lipinski definition) is 15. The van der Waals surface area contributed by atoms with Crippen molar-refractivity contribution in [3.8, 4) is 23.0 Å². The summed E-state index contributed by atoms with van der Waals surface area (Å²) in [7, 11) is 2.93. The van der Waals surface area contributed by atoms with E-state index in [1.807, 2.05) is 0 Å². The molecule has 3 N–H and O–H groups in total. The van der Waals surface area contributed by atoms with Crippen LogP contribution < -0.4 is 19.7 Å². The molecule has 2 rings (SSSR count). The monoisotopic (exact) mass is 750 g/mol. The molecule has 0 saturated heterocycles. The fourth-order valence-electron chi connectivity index (χ4n) is 2.17. The first kappa shape index (κ1) is 46.4. The Kier molecular flexibility index (Phi) is 33.1. The SMILES string of the molecule is COc1cccc(C=NCCCN=Cc2cccc(OC)c2[O-])c1[O-].O=[N+]([O-])[O-].O=[N+]([O-])[O-].O=[N+]([O-])[O-].[OH3+].[Pr+3].[Zn+2]. The molecule has 2 aromatic rings. The van der Waals surface area contributed by atoms with Crippen LogP contribution in [0.5, 0.6) is 23.0 Å². The normalized spacial score (nSPS) is 8.85. The molecule has 0 radical (unpaired) electrons. The molecular weight excluding hydrogens is 729 g/mol. The van der Waals surface area contributed by atoms with Gasteiger partial charge in [-0.05, 0) is 29.7 Å². The molecule has 0 spiro atoms. The van der Waals surface area contributed by atoms with E-state index in [1.165, 1.54) is 14.2 Å². The van der Waals surface area contributed by atoms with Crippen LogP contribution in [0, 0.1) is 87.3 Å². The van der Waals surface area contributed by atoms with Gasteiger partial charge in [-0.2, -0.15) is 0 Å². The average molecular weight is 752 g/mol. The van der Waals surface area contributed by atoms with Gasteiger partial charge in [0.15, 0.2) is 0 Å². The zero-order chi connectivity index (χ0) is 28.8. The molecule has 0 aromatic heterocycles. The second-order valence-electron chi connectivity index (χ2n) is 5.85. The van der Waals surface area contributed by atoms with Crippen molar-refractivity contribution >= 4 is 12.4 Å². The van der Waals surface area contributed by atoms with E-state index in [2.05, 4.69) is 9.98 Å². The first-order valence-corrected chi connectivity index (χ1v) is 9.49. The average Bonchev–Trinajstić information content (AvgIpc) is 2.79. The number of nitrogens with zero attached hydrogens (tertiary/aromatic N) is 5. The molecule has 0 aliphatic rings. The molecule has 0 atom stereocenters. The molecule has 40 heavy (non-hydrogen) atoms. The van der Waals surface area contributed by atoms with Gasteiger partial charge in [0.2, 0.25) is 0 Å². The summed E-state index contributed by atoms with van der Waals surface area (Å²) in [6.07, 6.45) is 3.81. The Bertz CT molecular complexity index is 958. The minimum Gasteiger partial charge on any atom is -0.870 e. The van der Waals surface area contributed by atoms with Gasteiger partial charge in [0.25, 0.3) is 0 Å². The number of benzene rings is 2. The summed E-state index contributed by atoms with van der Waals surface area (Å²) in [6, 6.07) is 10.1. The first-order chi connectivity index (χ1) is 17.4. The van der Waals surface area contributed by atoms with Crippen LogP contribution in [0.2, 0.25) is 0 Å². The zero-order valence-corrected chi connectivity index (χ0v) is 27.8. The van der Waals surface area contributed by atoms with Crippen molar-refractivity contribution in [2.24, 2.45) is 9.98 Å². The van der Waals surface area contributed by atoms with E-state index in [0.717, 1.165) is 0 Å². The Balaban J connectivity index is -0.000000231. The summed E-state index contributed by atoms with van der Waals surface area (Å²) < 4.78 is 9.97. The summed E-state index contributed by atoms with van der Waals surface area (Å²) >= 11 is 0. The molecule has 212 valence electrons. The molecule has 0 saturated carbocycles. The second kappa shape index (κ2) is 28.5. The van der Waals surface area contributed by atoms with Gasteiger partial charge in [-0.15, -0.1) is 0 Å². The van der Waals surface area contributed by atoms with Gasteiger partial charge in [-0.25, -0.2) is 0 Å². The summed E-state index contributed by atoms with van der Waals surface area (Å²) in [5, 5.41) is 68.1. The Morgan fingerprint density at radius 1 is 0.700 bits per heavy atom. The molecule has 0 aliphatic carbocycles. The number of rotatable bonds is 8. The third-order valence-electron chi connectivity index (χ3n) is 3.49. The second-order valence-corrected chi connectivity index (χ2v) is 5.85. The quantitative estimate of drug-likeness (QED) is 0.0866. The Hall–Kier alpha value is -3.47. The maximum absolute atomic E-state index is 11.9. The van der Waals surface area contributed by atoms with Crippen molar-refractivity contribution in [1.29, 1.82) is 0 Å². The Labute approximate surface area is 272 Å². The number of ether oxygens (including phenoxy) is 2. The smallest absolute Gasteiger partial charge is 0.870 e. The van der Waals surface area contributed by atoms with Crippen LogP contribution in [0.15, 0.2) is 46.4 Å². The molecular formula is C19H23N5O14PrZn+. The summed E-state index contributed by atoms with van der Waals surface area (Å²) in [6.45, 7) is 1.08. The summed E-state index contributed by atoms with van der Waals surface area (Å²) in [4.78, 5) is 33.2. The number of aliphatic imine (C=N–C) groups is 2. The molecule has 0 unspecified atom stereocenters. The minimum absolute atomic E-state index is 0. The van der Waals surface area contributed by atoms with Gasteiger partial charge in [0.05, 0.1) is 29.5 Å². The topological polar surface area (TPSA) is 321 Å². The maximum atomic E-state index is 11.9. The number of para-hydroxylation sites is 2. The van der Waals surface area contributed by atoms with Gasteiger partial charge < -0.3 is 71.1 Å². The van der Waals surface area contributed by atoms with E-state index < -0.39 is 15.3 Å². The van der Waals surface area contributed by atoms with Crippen LogP contribution in [-0.4, -0.2) is 55.0 Å². The van der Waals surface area contributed by atoms with Crippen molar-refractivity contribution < 1.29 is 101 Å². The Morgan fingerprint density at radius 3 is 1.23 bits per heavy atom. The van der Waals surface area contributed by atoms with E-state index in [1.54, 1.807) is 48.8 Å². The third-order valence-corrected chi connectivity index (χ3v) is 3.49. The van der Waals surface area contributed by atoms with Gasteiger partial charge >= 0.3 is 60.8 Å². The number of methoxy groups -OCH3 is 2. The zero-order valence-electron chi connectivity index (χ0n) is 21.1. The fourth-order valence-corrected chi connectivity index (χ4v) is 2.17. The van der Waals surface area contributed by atoms with Crippen LogP contribution in [0.25, 0.3) is 0 Å². The third kappa shape index (κ3) is 26.1. The summed E-state index contributed by atoms with van der Waals surface area (Å²) in [5.74, 6) is 0.265. The van der Waals surface area contributed by atoms with Crippen LogP contribution in [0.1, 0.15) is 17.5 Å². The molecule has 0 amide bonds. The standard InChI is InChI=1S/C19H22N2O4.3NO3.H2O.Pr.Zn/c1-24-16-8-3-6-14(18(16)22)12-20-10-5-11-21-13-15-7-4-9-17(25-2)19(15)23;3*2-1(3)4;;;/h3-4,6-9,12-13,22-23H,5,10-11H2,1-2H3;;;;1H2;;/q;3*-1;;+3;+2/p-1. The van der Waals surface area contributed by atoms with Crippen molar-refractivity contribution in [3.05, 3.63) is 93.5 Å². The molecule has 2 aromatic carbocycles. The molecule has 0 aliphatic heterocycles. The van der Waals surface area contributed by atoms with E-state index in [4.69, 9.17) is 55.4 Å². The number of hydrogen-bond donors (Lipinski definition) is 0. The molecule has 0 fully saturated rings. The first-order valence-electron chi connectivity index (χ1n) is 9.49. The van der Waals surface area contributed by atoms with E-state index in [-0.39, 0.29) is 77.7 Å². The van der Waals surface area contributed by atoms with E-state index >= 15 is 0 Å². The fraction of sp³-hybridized carbons (Fsp3) is 0.263. The van der Waals surface area contributed by atoms with Crippen LogP contribution in [-0.2, 0) is 25.0 Å². The van der Waals surface area contributed by atoms with Crippen molar-refractivity contribution in [2.45, 2.75) is 6.42 Å². The molecule has 0 bridgehead atoms. The van der Waals surface area contributed by atoms with Crippen LogP contribution in [0.4, 0.5) is 0 Å². The predicted molar refractivity (Wildman–Crippen MR) is 130 cm³/mol. The molecule has 21 heteroatoms. The van der Waals surface area contributed by atoms with Crippen LogP contribution >= 0.6 is 0 Å². The van der Waals surface area contributed by atoms with Crippen molar-refractivity contribution in [2.75, 3.05) is 27.3 Å². The van der Waals surface area contributed by atoms with Gasteiger partial charge in [0, 0.05) is 25.5 Å². The summed E-state index contributed by atoms with van der Waals surface area (Å²) in [5.41, 5.74) is 0.991.